The molecule has 0 aliphatic heterocycles. The lowest BCUT2D eigenvalue weighted by molar-refractivity contribution is -0.139. The Hall–Kier alpha value is -3.08. The van der Waals surface area contributed by atoms with E-state index in [0.29, 0.717) is 27.5 Å². The highest BCUT2D eigenvalue weighted by Gasteiger charge is 2.30. The van der Waals surface area contributed by atoms with Gasteiger partial charge >= 0.3 is 12.1 Å². The van der Waals surface area contributed by atoms with Gasteiger partial charge < -0.3 is 9.84 Å². The number of rotatable bonds is 5. The van der Waals surface area contributed by atoms with Crippen molar-refractivity contribution in [2.24, 2.45) is 0 Å². The van der Waals surface area contributed by atoms with E-state index in [1.54, 1.807) is 30.3 Å². The summed E-state index contributed by atoms with van der Waals surface area (Å²) >= 11 is 7.48. The average molecular weight is 477 g/mol. The second-order valence-electron chi connectivity index (χ2n) is 6.56. The van der Waals surface area contributed by atoms with Crippen molar-refractivity contribution in [2.75, 3.05) is 12.9 Å². The molecule has 3 rings (SSSR count). The minimum Gasteiger partial charge on any atom is -0.481 e. The predicted molar refractivity (Wildman–Crippen MR) is 119 cm³/mol. The van der Waals surface area contributed by atoms with Crippen LogP contribution in [0.4, 0.5) is 13.2 Å². The molecule has 3 aromatic carbocycles. The summed E-state index contributed by atoms with van der Waals surface area (Å²) in [6.45, 7) is -0.505. The molecule has 3 aromatic rings. The average Bonchev–Trinajstić information content (AvgIpc) is 2.76. The summed E-state index contributed by atoms with van der Waals surface area (Å²) in [5, 5.41) is 9.25. The van der Waals surface area contributed by atoms with Crippen LogP contribution in [-0.2, 0) is 11.0 Å². The van der Waals surface area contributed by atoms with E-state index in [0.717, 1.165) is 22.6 Å². The Labute approximate surface area is 192 Å². The molecular weight excluding hydrogens is 461 g/mol. The number of carboxylic acids is 1. The van der Waals surface area contributed by atoms with Gasteiger partial charge in [-0.1, -0.05) is 41.6 Å². The van der Waals surface area contributed by atoms with Gasteiger partial charge in [0.25, 0.3) is 0 Å². The zero-order valence-corrected chi connectivity index (χ0v) is 18.2. The van der Waals surface area contributed by atoms with Crippen molar-refractivity contribution in [3.63, 3.8) is 0 Å². The number of carbonyl (C=O) groups is 1. The summed E-state index contributed by atoms with van der Waals surface area (Å²) in [5.41, 5.74) is 1.88. The summed E-state index contributed by atoms with van der Waals surface area (Å²) in [6, 6.07) is 15.1. The molecule has 0 aliphatic carbocycles. The molecule has 0 spiro atoms. The lowest BCUT2D eigenvalue weighted by atomic mass is 10.0. The van der Waals surface area contributed by atoms with Crippen molar-refractivity contribution in [1.82, 2.24) is 0 Å². The third kappa shape index (κ3) is 6.00. The maximum absolute atomic E-state index is 12.8. The summed E-state index contributed by atoms with van der Waals surface area (Å²) in [5.74, 6) is 5.14. The van der Waals surface area contributed by atoms with Crippen LogP contribution in [-0.4, -0.2) is 23.9 Å². The monoisotopic (exact) mass is 476 g/mol. The lowest BCUT2D eigenvalue weighted by Crippen LogP contribution is -2.10. The minimum atomic E-state index is -4.38. The molecule has 0 saturated carbocycles. The number of alkyl halides is 3. The zero-order chi connectivity index (χ0) is 23.3. The standard InChI is InChI=1S/C24H16ClF3O3S/c1-32-22-12-15(2-4-17-13-19(25)9-11-21(17)31-14-23(29)30)3-10-20(22)16-5-7-18(8-6-16)24(26,27)28/h3,5-13H,14H2,1H3,(H,29,30). The molecule has 0 unspecified atom stereocenters. The topological polar surface area (TPSA) is 46.5 Å². The largest absolute Gasteiger partial charge is 0.481 e. The van der Waals surface area contributed by atoms with Crippen molar-refractivity contribution in [3.05, 3.63) is 82.4 Å². The molecule has 0 aromatic heterocycles. The molecular formula is C24H16ClF3O3S. The van der Waals surface area contributed by atoms with E-state index >= 15 is 0 Å². The number of hydrogen-bond donors (Lipinski definition) is 1. The summed E-state index contributed by atoms with van der Waals surface area (Å²) in [7, 11) is 0. The lowest BCUT2D eigenvalue weighted by Gasteiger charge is -2.11. The highest BCUT2D eigenvalue weighted by Crippen LogP contribution is 2.34. The van der Waals surface area contributed by atoms with Crippen molar-refractivity contribution in [3.8, 4) is 28.7 Å². The van der Waals surface area contributed by atoms with Gasteiger partial charge in [0.15, 0.2) is 6.61 Å². The summed E-state index contributed by atoms with van der Waals surface area (Å²) in [6.07, 6.45) is -2.51. The Bertz CT molecular complexity index is 1200. The SMILES string of the molecule is CSc1cc(C#Cc2cc(Cl)ccc2OCC(=O)O)ccc1-c1ccc(C(F)(F)F)cc1. The molecule has 32 heavy (non-hydrogen) atoms. The van der Waals surface area contributed by atoms with Crippen molar-refractivity contribution in [2.45, 2.75) is 11.1 Å². The van der Waals surface area contributed by atoms with E-state index < -0.39 is 24.3 Å². The van der Waals surface area contributed by atoms with Crippen LogP contribution >= 0.6 is 23.4 Å². The van der Waals surface area contributed by atoms with Crippen LogP contribution in [0.1, 0.15) is 16.7 Å². The van der Waals surface area contributed by atoms with Crippen LogP contribution in [0.15, 0.2) is 65.6 Å². The molecule has 0 heterocycles. The predicted octanol–water partition coefficient (Wildman–Crippen LogP) is 6.61. The van der Waals surface area contributed by atoms with E-state index in [4.69, 9.17) is 21.4 Å². The van der Waals surface area contributed by atoms with Crippen LogP contribution in [0.2, 0.25) is 5.02 Å². The first kappa shape index (κ1) is 23.6. The number of benzene rings is 3. The van der Waals surface area contributed by atoms with E-state index in [9.17, 15) is 18.0 Å². The van der Waals surface area contributed by atoms with Crippen LogP contribution in [0.25, 0.3) is 11.1 Å². The summed E-state index contributed by atoms with van der Waals surface area (Å²) in [4.78, 5) is 11.6. The Balaban J connectivity index is 1.91. The highest BCUT2D eigenvalue weighted by atomic mass is 35.5. The molecule has 8 heteroatoms. The third-order valence-corrected chi connectivity index (χ3v) is 5.37. The smallest absolute Gasteiger partial charge is 0.416 e. The highest BCUT2D eigenvalue weighted by molar-refractivity contribution is 7.98. The van der Waals surface area contributed by atoms with Crippen LogP contribution in [0, 0.1) is 11.8 Å². The molecule has 1 N–H and O–H groups in total. The molecule has 3 nitrogen and oxygen atoms in total. The van der Waals surface area contributed by atoms with Gasteiger partial charge in [-0.3, -0.25) is 0 Å². The Morgan fingerprint density at radius 3 is 2.41 bits per heavy atom. The maximum Gasteiger partial charge on any atom is 0.416 e. The van der Waals surface area contributed by atoms with Gasteiger partial charge in [0, 0.05) is 15.5 Å². The fraction of sp³-hybridized carbons (Fsp3) is 0.125. The van der Waals surface area contributed by atoms with E-state index in [1.807, 2.05) is 12.3 Å². The van der Waals surface area contributed by atoms with Gasteiger partial charge in [0.2, 0.25) is 0 Å². The van der Waals surface area contributed by atoms with Gasteiger partial charge in [0.05, 0.1) is 11.1 Å². The second-order valence-corrected chi connectivity index (χ2v) is 7.85. The first-order valence-corrected chi connectivity index (χ1v) is 10.8. The molecule has 164 valence electrons. The van der Waals surface area contributed by atoms with Gasteiger partial charge in [-0.25, -0.2) is 4.79 Å². The fourth-order valence-corrected chi connectivity index (χ4v) is 3.67. The van der Waals surface area contributed by atoms with E-state index in [2.05, 4.69) is 11.8 Å². The molecule has 0 aliphatic rings. The molecule has 0 saturated heterocycles. The van der Waals surface area contributed by atoms with E-state index in [-0.39, 0.29) is 0 Å². The maximum atomic E-state index is 12.8. The first-order chi connectivity index (χ1) is 15.2. The molecule has 0 radical (unpaired) electrons. The van der Waals surface area contributed by atoms with Crippen LogP contribution in [0.5, 0.6) is 5.75 Å². The van der Waals surface area contributed by atoms with Crippen molar-refractivity contribution in [1.29, 1.82) is 0 Å². The third-order valence-electron chi connectivity index (χ3n) is 4.36. The zero-order valence-electron chi connectivity index (χ0n) is 16.7. The molecule has 0 atom stereocenters. The quantitative estimate of drug-likeness (QED) is 0.332. The van der Waals surface area contributed by atoms with Gasteiger partial charge in [-0.05, 0) is 59.8 Å². The van der Waals surface area contributed by atoms with Gasteiger partial charge in [-0.2, -0.15) is 13.2 Å². The normalized spacial score (nSPS) is 10.9. The first-order valence-electron chi connectivity index (χ1n) is 9.19. The molecule has 0 fully saturated rings. The minimum absolute atomic E-state index is 0.302. The van der Waals surface area contributed by atoms with Crippen LogP contribution in [0.3, 0.4) is 0 Å². The second kappa shape index (κ2) is 10.0. The molecule has 0 bridgehead atoms. The van der Waals surface area contributed by atoms with Gasteiger partial charge in [-0.15, -0.1) is 11.8 Å². The number of halogens is 4. The number of carboxylic acid groups (broad SMARTS) is 1. The Morgan fingerprint density at radius 2 is 1.78 bits per heavy atom. The number of aliphatic carboxylic acids is 1. The number of thioether (sulfide) groups is 1. The number of ether oxygens (including phenoxy) is 1. The van der Waals surface area contributed by atoms with E-state index in [1.165, 1.54) is 23.9 Å². The van der Waals surface area contributed by atoms with Crippen molar-refractivity contribution >= 4 is 29.3 Å². The Kier molecular flexibility index (Phi) is 7.39. The summed E-state index contributed by atoms with van der Waals surface area (Å²) < 4.78 is 43.7. The molecule has 0 amide bonds. The van der Waals surface area contributed by atoms with Gasteiger partial charge in [0.1, 0.15) is 5.75 Å². The number of hydrogen-bond acceptors (Lipinski definition) is 3. The Morgan fingerprint density at radius 1 is 1.06 bits per heavy atom. The fourth-order valence-electron chi connectivity index (χ4n) is 2.85. The van der Waals surface area contributed by atoms with Crippen molar-refractivity contribution < 1.29 is 27.8 Å². The van der Waals surface area contributed by atoms with Crippen LogP contribution < -0.4 is 4.74 Å².